The number of hydrogen-bond donors (Lipinski definition) is 1. The van der Waals surface area contributed by atoms with Crippen molar-refractivity contribution in [2.24, 2.45) is 0 Å². The predicted molar refractivity (Wildman–Crippen MR) is 60.8 cm³/mol. The van der Waals surface area contributed by atoms with E-state index in [0.717, 1.165) is 0 Å². The lowest BCUT2D eigenvalue weighted by Crippen LogP contribution is -2.13. The van der Waals surface area contributed by atoms with Gasteiger partial charge in [0.25, 0.3) is 5.91 Å². The quantitative estimate of drug-likeness (QED) is 0.609. The largest absolute Gasteiger partial charge is 0.494 e. The maximum atomic E-state index is 11.0. The van der Waals surface area contributed by atoms with Gasteiger partial charge in [0.15, 0.2) is 11.5 Å². The number of benzene rings is 1. The summed E-state index contributed by atoms with van der Waals surface area (Å²) < 4.78 is 15.2. The highest BCUT2D eigenvalue weighted by Crippen LogP contribution is 2.37. The predicted octanol–water partition coefficient (Wildman–Crippen LogP) is 0.850. The molecule has 6 nitrogen and oxygen atoms in total. The van der Waals surface area contributed by atoms with Crippen LogP contribution < -0.4 is 19.5 Å². The molecule has 1 N–H and O–H groups in total. The summed E-state index contributed by atoms with van der Waals surface area (Å²) in [6.45, 7) is 0. The van der Waals surface area contributed by atoms with E-state index in [2.05, 4.69) is 5.32 Å². The zero-order chi connectivity index (χ0) is 12.8. The van der Waals surface area contributed by atoms with Gasteiger partial charge in [-0.1, -0.05) is 0 Å². The molecule has 1 amide bonds. The van der Waals surface area contributed by atoms with E-state index in [0.29, 0.717) is 22.9 Å². The molecule has 6 heteroatoms. The topological polar surface area (TPSA) is 73.9 Å². The number of amides is 1. The average molecular weight is 239 g/mol. The fourth-order valence-corrected chi connectivity index (χ4v) is 1.29. The van der Waals surface area contributed by atoms with E-state index in [9.17, 15) is 9.59 Å². The van der Waals surface area contributed by atoms with Crippen LogP contribution in [0.3, 0.4) is 0 Å². The van der Waals surface area contributed by atoms with E-state index in [1.165, 1.54) is 27.4 Å². The Kier molecular flexibility index (Phi) is 4.33. The van der Waals surface area contributed by atoms with Crippen LogP contribution in [0.15, 0.2) is 12.1 Å². The molecular weight excluding hydrogens is 226 g/mol. The Bertz CT molecular complexity index is 430. The van der Waals surface area contributed by atoms with Gasteiger partial charge in [-0.2, -0.15) is 0 Å². The number of nitrogens with one attached hydrogen (secondary N) is 1. The van der Waals surface area contributed by atoms with E-state index in [-0.39, 0.29) is 6.29 Å². The van der Waals surface area contributed by atoms with Crippen molar-refractivity contribution in [3.05, 3.63) is 12.1 Å². The molecule has 1 rings (SSSR count). The molecule has 1 aromatic rings. The molecule has 0 saturated heterocycles. The van der Waals surface area contributed by atoms with Gasteiger partial charge in [-0.15, -0.1) is 0 Å². The molecule has 0 heterocycles. The Hall–Kier alpha value is -2.24. The first-order chi connectivity index (χ1) is 8.15. The van der Waals surface area contributed by atoms with Crippen LogP contribution in [0.5, 0.6) is 17.2 Å². The highest BCUT2D eigenvalue weighted by molar-refractivity contribution is 6.29. The number of hydrogen-bond acceptors (Lipinski definition) is 5. The van der Waals surface area contributed by atoms with Crippen LogP contribution in [0.1, 0.15) is 0 Å². The molecular formula is C11H13NO5. The molecule has 92 valence electrons. The van der Waals surface area contributed by atoms with Crippen LogP contribution in [0.25, 0.3) is 0 Å². The van der Waals surface area contributed by atoms with E-state index in [1.807, 2.05) is 0 Å². The Labute approximate surface area is 98.5 Å². The molecule has 0 saturated carbocycles. The van der Waals surface area contributed by atoms with Crippen molar-refractivity contribution in [2.45, 2.75) is 0 Å². The third-order valence-electron chi connectivity index (χ3n) is 2.07. The smallest absolute Gasteiger partial charge is 0.288 e. The van der Waals surface area contributed by atoms with Gasteiger partial charge in [0, 0.05) is 12.1 Å². The zero-order valence-electron chi connectivity index (χ0n) is 9.77. The summed E-state index contributed by atoms with van der Waals surface area (Å²) in [4.78, 5) is 21.3. The van der Waals surface area contributed by atoms with E-state index < -0.39 is 5.91 Å². The molecule has 0 radical (unpaired) electrons. The first kappa shape index (κ1) is 12.8. The van der Waals surface area contributed by atoms with Crippen molar-refractivity contribution >= 4 is 17.9 Å². The molecule has 0 aliphatic heterocycles. The standard InChI is InChI=1S/C11H13NO5/c1-15-8-5-10(17-3)9(16-2)4-7(8)12-11(14)6-13/h4-6H,1-3H3,(H,12,14). The van der Waals surface area contributed by atoms with Gasteiger partial charge in [-0.05, 0) is 0 Å². The second kappa shape index (κ2) is 5.74. The summed E-state index contributed by atoms with van der Waals surface area (Å²) in [5, 5.41) is 2.37. The van der Waals surface area contributed by atoms with Crippen LogP contribution in [0.4, 0.5) is 5.69 Å². The lowest BCUT2D eigenvalue weighted by Gasteiger charge is -2.13. The van der Waals surface area contributed by atoms with Crippen LogP contribution in [0, 0.1) is 0 Å². The molecule has 0 spiro atoms. The SMILES string of the molecule is COc1cc(OC)c(OC)cc1NC(=O)C=O. The average Bonchev–Trinajstić information content (AvgIpc) is 2.37. The maximum absolute atomic E-state index is 11.0. The van der Waals surface area contributed by atoms with Crippen LogP contribution >= 0.6 is 0 Å². The summed E-state index contributed by atoms with van der Waals surface area (Å²) in [5.74, 6) is 0.497. The highest BCUT2D eigenvalue weighted by Gasteiger charge is 2.13. The maximum Gasteiger partial charge on any atom is 0.288 e. The zero-order valence-corrected chi connectivity index (χ0v) is 9.77. The van der Waals surface area contributed by atoms with Gasteiger partial charge in [0.1, 0.15) is 5.75 Å². The molecule has 1 aromatic carbocycles. The lowest BCUT2D eigenvalue weighted by atomic mass is 10.2. The molecule has 17 heavy (non-hydrogen) atoms. The highest BCUT2D eigenvalue weighted by atomic mass is 16.5. The normalized spacial score (nSPS) is 9.35. The third-order valence-corrected chi connectivity index (χ3v) is 2.07. The van der Waals surface area contributed by atoms with Crippen LogP contribution in [-0.2, 0) is 9.59 Å². The molecule has 0 atom stereocenters. The number of carbonyl (C=O) groups excluding carboxylic acids is 2. The van der Waals surface area contributed by atoms with E-state index >= 15 is 0 Å². The summed E-state index contributed by atoms with van der Waals surface area (Å²) in [5.41, 5.74) is 0.335. The first-order valence-electron chi connectivity index (χ1n) is 4.72. The Morgan fingerprint density at radius 2 is 1.59 bits per heavy atom. The van der Waals surface area contributed by atoms with Crippen molar-refractivity contribution in [3.8, 4) is 17.2 Å². The first-order valence-corrected chi connectivity index (χ1v) is 4.72. The van der Waals surface area contributed by atoms with Crippen molar-refractivity contribution in [1.82, 2.24) is 0 Å². The second-order valence-electron chi connectivity index (χ2n) is 3.01. The van der Waals surface area contributed by atoms with E-state index in [4.69, 9.17) is 14.2 Å². The fourth-order valence-electron chi connectivity index (χ4n) is 1.29. The van der Waals surface area contributed by atoms with Crippen molar-refractivity contribution in [1.29, 1.82) is 0 Å². The summed E-state index contributed by atoms with van der Waals surface area (Å²) in [7, 11) is 4.40. The van der Waals surface area contributed by atoms with Gasteiger partial charge in [0.2, 0.25) is 6.29 Å². The number of methoxy groups -OCH3 is 3. The fraction of sp³-hybridized carbons (Fsp3) is 0.273. The van der Waals surface area contributed by atoms with Crippen LogP contribution in [-0.4, -0.2) is 33.5 Å². The second-order valence-corrected chi connectivity index (χ2v) is 3.01. The summed E-state index contributed by atoms with van der Waals surface area (Å²) >= 11 is 0. The van der Waals surface area contributed by atoms with Gasteiger partial charge in [-0.3, -0.25) is 9.59 Å². The van der Waals surface area contributed by atoms with E-state index in [1.54, 1.807) is 6.07 Å². The minimum Gasteiger partial charge on any atom is -0.494 e. The Morgan fingerprint density at radius 1 is 1.06 bits per heavy atom. The molecule has 0 fully saturated rings. The number of aldehydes is 1. The van der Waals surface area contributed by atoms with Crippen molar-refractivity contribution in [2.75, 3.05) is 26.6 Å². The minimum absolute atomic E-state index is 0.177. The monoisotopic (exact) mass is 239 g/mol. The van der Waals surface area contributed by atoms with Crippen LogP contribution in [0.2, 0.25) is 0 Å². The summed E-state index contributed by atoms with van der Waals surface area (Å²) in [6, 6.07) is 3.07. The number of rotatable bonds is 5. The number of ether oxygens (including phenoxy) is 3. The number of anilines is 1. The van der Waals surface area contributed by atoms with Gasteiger partial charge in [-0.25, -0.2) is 0 Å². The van der Waals surface area contributed by atoms with Crippen molar-refractivity contribution < 1.29 is 23.8 Å². The molecule has 0 aromatic heterocycles. The molecule has 0 unspecified atom stereocenters. The minimum atomic E-state index is -0.768. The third kappa shape index (κ3) is 2.87. The Morgan fingerprint density at radius 3 is 2.06 bits per heavy atom. The number of carbonyl (C=O) groups is 2. The molecule has 0 aliphatic rings. The summed E-state index contributed by atoms with van der Waals surface area (Å²) in [6.07, 6.45) is 0.177. The van der Waals surface area contributed by atoms with Gasteiger partial charge in [0.05, 0.1) is 27.0 Å². The van der Waals surface area contributed by atoms with Gasteiger partial charge < -0.3 is 19.5 Å². The van der Waals surface area contributed by atoms with Gasteiger partial charge >= 0.3 is 0 Å². The Balaban J connectivity index is 3.18. The molecule has 0 bridgehead atoms. The lowest BCUT2D eigenvalue weighted by molar-refractivity contribution is -0.127. The van der Waals surface area contributed by atoms with Crippen molar-refractivity contribution in [3.63, 3.8) is 0 Å². The molecule has 0 aliphatic carbocycles.